The van der Waals surface area contributed by atoms with E-state index in [-0.39, 0.29) is 6.61 Å². The van der Waals surface area contributed by atoms with Gasteiger partial charge in [-0.15, -0.1) is 0 Å². The van der Waals surface area contributed by atoms with E-state index in [1.165, 1.54) is 270 Å². The molecule has 0 spiro atoms. The molecule has 0 heterocycles. The maximum atomic E-state index is 12.6. The zero-order valence-electron chi connectivity index (χ0n) is 43.0. The number of aliphatic hydroxyl groups is 3. The number of carbonyl (C=O) groups excluding carboxylic acids is 1. The smallest absolute Gasteiger partial charge is 0.249 e. The van der Waals surface area contributed by atoms with Crippen LogP contribution in [0.15, 0.2) is 12.2 Å². The Kier molecular flexibility index (Phi) is 52.9. The van der Waals surface area contributed by atoms with E-state index in [0.717, 1.165) is 32.1 Å². The number of allylic oxidation sites excluding steroid dienone is 2. The lowest BCUT2D eigenvalue weighted by Gasteiger charge is -2.23. The van der Waals surface area contributed by atoms with Crippen molar-refractivity contribution in [2.75, 3.05) is 6.61 Å². The first kappa shape index (κ1) is 62.1. The monoisotopic (exact) mass is 890 g/mol. The maximum Gasteiger partial charge on any atom is 0.249 e. The second-order valence-corrected chi connectivity index (χ2v) is 20.2. The Morgan fingerprint density at radius 1 is 0.365 bits per heavy atom. The zero-order valence-corrected chi connectivity index (χ0v) is 43.0. The highest BCUT2D eigenvalue weighted by Crippen LogP contribution is 2.18. The van der Waals surface area contributed by atoms with Crippen molar-refractivity contribution in [3.63, 3.8) is 0 Å². The first-order valence-electron chi connectivity index (χ1n) is 29.0. The molecule has 0 bridgehead atoms. The fourth-order valence-corrected chi connectivity index (χ4v) is 9.37. The molecule has 0 aliphatic rings. The minimum atomic E-state index is -1.07. The van der Waals surface area contributed by atoms with Gasteiger partial charge in [0.25, 0.3) is 0 Å². The molecule has 3 unspecified atom stereocenters. The summed E-state index contributed by atoms with van der Waals surface area (Å²) in [6.07, 6.45) is 66.9. The number of unbranched alkanes of at least 4 members (excludes halogenated alkanes) is 44. The van der Waals surface area contributed by atoms with Crippen molar-refractivity contribution >= 4 is 5.91 Å². The van der Waals surface area contributed by atoms with Crippen molar-refractivity contribution in [1.29, 1.82) is 0 Å². The van der Waals surface area contributed by atoms with Crippen molar-refractivity contribution in [2.24, 2.45) is 0 Å². The third kappa shape index (κ3) is 48.8. The number of hydrogen-bond acceptors (Lipinski definition) is 4. The Balaban J connectivity index is 3.50. The first-order chi connectivity index (χ1) is 31.1. The second-order valence-electron chi connectivity index (χ2n) is 20.2. The van der Waals surface area contributed by atoms with Crippen molar-refractivity contribution in [3.05, 3.63) is 12.2 Å². The molecule has 0 radical (unpaired) electrons. The third-order valence-electron chi connectivity index (χ3n) is 13.9. The van der Waals surface area contributed by atoms with Crippen LogP contribution in [0.1, 0.15) is 328 Å². The van der Waals surface area contributed by atoms with Gasteiger partial charge in [-0.05, 0) is 38.5 Å². The molecule has 0 rings (SSSR count). The summed E-state index contributed by atoms with van der Waals surface area (Å²) in [6, 6.07) is -0.710. The van der Waals surface area contributed by atoms with E-state index in [1.807, 2.05) is 0 Å². The van der Waals surface area contributed by atoms with Gasteiger partial charge in [0.05, 0.1) is 18.8 Å². The highest BCUT2D eigenvalue weighted by Gasteiger charge is 2.23. The molecule has 5 heteroatoms. The van der Waals surface area contributed by atoms with Crippen LogP contribution < -0.4 is 5.32 Å². The van der Waals surface area contributed by atoms with Gasteiger partial charge in [0.1, 0.15) is 6.10 Å². The van der Waals surface area contributed by atoms with Crippen molar-refractivity contribution in [2.45, 2.75) is 347 Å². The van der Waals surface area contributed by atoms with Gasteiger partial charge in [0.15, 0.2) is 0 Å². The Morgan fingerprint density at radius 2 is 0.603 bits per heavy atom. The van der Waals surface area contributed by atoms with E-state index in [2.05, 4.69) is 31.3 Å². The molecule has 1 amide bonds. The number of hydrogen-bond donors (Lipinski definition) is 4. The van der Waals surface area contributed by atoms with Crippen LogP contribution in [0, 0.1) is 0 Å². The van der Waals surface area contributed by atoms with Crippen LogP contribution in [0.3, 0.4) is 0 Å². The van der Waals surface area contributed by atoms with E-state index in [0.29, 0.717) is 12.8 Å². The summed E-state index contributed by atoms with van der Waals surface area (Å²) in [5, 5.41) is 33.6. The molecule has 63 heavy (non-hydrogen) atoms. The molecule has 0 aromatic carbocycles. The second kappa shape index (κ2) is 53.7. The molecule has 0 aromatic heterocycles. The molecular weight excluding hydrogens is 775 g/mol. The van der Waals surface area contributed by atoms with Gasteiger partial charge in [-0.1, -0.05) is 302 Å². The summed E-state index contributed by atoms with van der Waals surface area (Å²) in [6.45, 7) is 4.28. The first-order valence-corrected chi connectivity index (χ1v) is 29.0. The van der Waals surface area contributed by atoms with Crippen LogP contribution in [-0.4, -0.2) is 46.1 Å². The van der Waals surface area contributed by atoms with Gasteiger partial charge >= 0.3 is 0 Å². The largest absolute Gasteiger partial charge is 0.394 e. The van der Waals surface area contributed by atoms with Gasteiger partial charge in [0.2, 0.25) is 5.91 Å². The van der Waals surface area contributed by atoms with Gasteiger partial charge in [-0.25, -0.2) is 0 Å². The molecule has 0 aromatic rings. The Morgan fingerprint density at radius 3 is 0.873 bits per heavy atom. The Bertz CT molecular complexity index is 894. The molecule has 4 N–H and O–H groups in total. The maximum absolute atomic E-state index is 12.6. The number of nitrogens with one attached hydrogen (secondary N) is 1. The topological polar surface area (TPSA) is 89.8 Å². The zero-order chi connectivity index (χ0) is 45.8. The lowest BCUT2D eigenvalue weighted by atomic mass is 10.0. The molecule has 376 valence electrons. The van der Waals surface area contributed by atoms with Gasteiger partial charge in [-0.3, -0.25) is 4.79 Å². The molecule has 0 saturated carbocycles. The van der Waals surface area contributed by atoms with Gasteiger partial charge < -0.3 is 20.6 Å². The van der Waals surface area contributed by atoms with Gasteiger partial charge in [-0.2, -0.15) is 0 Å². The Labute approximate surface area is 395 Å². The molecule has 0 fully saturated rings. The standard InChI is InChI=1S/C58H115NO4/c1-3-5-7-9-11-13-15-17-19-21-23-25-26-27-28-29-30-31-33-35-37-39-41-43-45-47-49-51-53-57(62)58(63)59-55(54-60)56(61)52-50-48-46-44-42-40-38-36-34-32-24-22-20-18-16-14-12-10-8-6-4-2/h27-28,55-57,60-62H,3-26,29-54H2,1-2H3,(H,59,63)/b28-27-. The van der Waals surface area contributed by atoms with Crippen LogP contribution in [-0.2, 0) is 4.79 Å². The SMILES string of the molecule is CCCCCCCCCCCCCC/C=C\CCCCCCCCCCCCCCC(O)C(=O)NC(CO)C(O)CCCCCCCCCCCCCCCCCCCCCCC. The highest BCUT2D eigenvalue weighted by molar-refractivity contribution is 5.80. The van der Waals surface area contributed by atoms with Crippen LogP contribution in [0.25, 0.3) is 0 Å². The predicted molar refractivity (Wildman–Crippen MR) is 278 cm³/mol. The average molecular weight is 891 g/mol. The normalized spacial score (nSPS) is 13.3. The Hall–Kier alpha value is -0.910. The van der Waals surface area contributed by atoms with E-state index < -0.39 is 24.2 Å². The lowest BCUT2D eigenvalue weighted by molar-refractivity contribution is -0.131. The fraction of sp³-hybridized carbons (Fsp3) is 0.948. The van der Waals surface area contributed by atoms with E-state index in [9.17, 15) is 20.1 Å². The third-order valence-corrected chi connectivity index (χ3v) is 13.9. The number of aliphatic hydroxyl groups excluding tert-OH is 3. The highest BCUT2D eigenvalue weighted by atomic mass is 16.3. The number of carbonyl (C=O) groups is 1. The summed E-state index contributed by atoms with van der Waals surface area (Å²) < 4.78 is 0. The minimum Gasteiger partial charge on any atom is -0.394 e. The molecule has 0 saturated heterocycles. The molecule has 5 nitrogen and oxygen atoms in total. The summed E-state index contributed by atoms with van der Waals surface area (Å²) in [5.41, 5.74) is 0. The summed E-state index contributed by atoms with van der Waals surface area (Å²) in [7, 11) is 0. The van der Waals surface area contributed by atoms with Gasteiger partial charge in [0, 0.05) is 0 Å². The van der Waals surface area contributed by atoms with E-state index in [1.54, 1.807) is 0 Å². The van der Waals surface area contributed by atoms with Crippen molar-refractivity contribution in [1.82, 2.24) is 5.32 Å². The van der Waals surface area contributed by atoms with Crippen molar-refractivity contribution < 1.29 is 20.1 Å². The fourth-order valence-electron chi connectivity index (χ4n) is 9.37. The number of rotatable bonds is 54. The summed E-state index contributed by atoms with van der Waals surface area (Å²) >= 11 is 0. The summed E-state index contributed by atoms with van der Waals surface area (Å²) in [4.78, 5) is 12.6. The summed E-state index contributed by atoms with van der Waals surface area (Å²) in [5.74, 6) is -0.464. The predicted octanol–water partition coefficient (Wildman–Crippen LogP) is 17.9. The molecule has 3 atom stereocenters. The quantitative estimate of drug-likeness (QED) is 0.0362. The van der Waals surface area contributed by atoms with Crippen LogP contribution >= 0.6 is 0 Å². The minimum absolute atomic E-state index is 0.309. The van der Waals surface area contributed by atoms with Crippen molar-refractivity contribution in [3.8, 4) is 0 Å². The van der Waals surface area contributed by atoms with E-state index in [4.69, 9.17) is 0 Å². The molecule has 0 aliphatic carbocycles. The average Bonchev–Trinajstić information content (AvgIpc) is 3.29. The number of amides is 1. The molecule has 0 aliphatic heterocycles. The van der Waals surface area contributed by atoms with E-state index >= 15 is 0 Å². The molecular formula is C58H115NO4. The van der Waals surface area contributed by atoms with Crippen LogP contribution in [0.2, 0.25) is 0 Å². The lowest BCUT2D eigenvalue weighted by Crippen LogP contribution is -2.49. The van der Waals surface area contributed by atoms with Crippen LogP contribution in [0.5, 0.6) is 0 Å². The van der Waals surface area contributed by atoms with Crippen LogP contribution in [0.4, 0.5) is 0 Å².